The van der Waals surface area contributed by atoms with E-state index in [-0.39, 0.29) is 47.9 Å². The number of nitrogens with zero attached hydrogens (tertiary/aromatic N) is 7. The number of nitrogens with one attached hydrogen (secondary N) is 1. The van der Waals surface area contributed by atoms with Crippen LogP contribution < -0.4 is 5.32 Å². The molecular weight excluding hydrogens is 814 g/mol. The van der Waals surface area contributed by atoms with Crippen LogP contribution in [0.1, 0.15) is 104 Å². The van der Waals surface area contributed by atoms with E-state index in [9.17, 15) is 23.2 Å². The summed E-state index contributed by atoms with van der Waals surface area (Å²) in [5.74, 6) is 0.723. The van der Waals surface area contributed by atoms with E-state index < -0.39 is 5.60 Å². The Morgan fingerprint density at radius 3 is 1.50 bits per heavy atom. The first kappa shape index (κ1) is 46.7. The van der Waals surface area contributed by atoms with Gasteiger partial charge in [-0.3, -0.25) is 19.0 Å². The molecule has 0 unspecified atom stereocenters. The zero-order chi connectivity index (χ0) is 43.3. The van der Waals surface area contributed by atoms with Crippen molar-refractivity contribution < 1.29 is 27.9 Å². The Balaban J connectivity index is 0.000000209. The van der Waals surface area contributed by atoms with Crippen LogP contribution in [0.25, 0.3) is 0 Å². The number of halogens is 3. The number of fused-ring (bicyclic) bond motifs is 2. The number of hydrogen-bond acceptors (Lipinski definition) is 7. The first-order chi connectivity index (χ1) is 29.2. The van der Waals surface area contributed by atoms with Crippen LogP contribution in [0.4, 0.5) is 13.6 Å². The Kier molecular flexibility index (Phi) is 15.5. The Labute approximate surface area is 370 Å². The maximum absolute atomic E-state index is 13.3. The van der Waals surface area contributed by atoms with Crippen molar-refractivity contribution in [3.8, 4) is 0 Å². The Morgan fingerprint density at radius 1 is 0.661 bits per heavy atom. The third-order valence-corrected chi connectivity index (χ3v) is 12.5. The van der Waals surface area contributed by atoms with E-state index in [0.29, 0.717) is 64.6 Å². The standard InChI is InChI=1S/C26H35FN4O3.C21H27FN4O.ClH/c1-18-22-11-14-30(17-23(22)31(28-18)16-20-5-7-21(27)8-6-20)24(32)15-19-9-12-29(13-10-19)25(33)34-26(2,3)4;1-15-19-8-11-25(21(27)12-16-6-9-23-10-7-16)14-20(19)26(24-15)13-17-2-4-18(22)5-3-17;/h5-8,19H,9-17H2,1-4H3;2-5,16,23H,6-14H2,1H3;1H. The van der Waals surface area contributed by atoms with Crippen molar-refractivity contribution in [3.05, 3.63) is 105 Å². The highest BCUT2D eigenvalue weighted by Crippen LogP contribution is 2.28. The van der Waals surface area contributed by atoms with Crippen LogP contribution >= 0.6 is 12.4 Å². The minimum Gasteiger partial charge on any atom is -0.444 e. The molecule has 2 fully saturated rings. The van der Waals surface area contributed by atoms with Crippen LogP contribution in [0, 0.1) is 37.3 Å². The van der Waals surface area contributed by atoms with E-state index in [4.69, 9.17) is 14.9 Å². The molecule has 0 saturated carbocycles. The number of amides is 3. The van der Waals surface area contributed by atoms with Crippen LogP contribution in [0.5, 0.6) is 0 Å². The Bertz CT molecular complexity index is 2150. The van der Waals surface area contributed by atoms with Gasteiger partial charge in [0.05, 0.1) is 49.0 Å². The molecule has 4 aromatic rings. The Hall–Kier alpha value is -4.82. The van der Waals surface area contributed by atoms with E-state index in [1.54, 1.807) is 29.2 Å². The number of hydrogen-bond donors (Lipinski definition) is 1. The van der Waals surface area contributed by atoms with E-state index in [1.165, 1.54) is 35.4 Å². The molecule has 0 aliphatic carbocycles. The molecule has 12 nitrogen and oxygen atoms in total. The molecule has 0 atom stereocenters. The molecule has 1 N–H and O–H groups in total. The van der Waals surface area contributed by atoms with Crippen molar-refractivity contribution in [2.45, 2.75) is 118 Å². The summed E-state index contributed by atoms with van der Waals surface area (Å²) in [5.41, 5.74) is 8.21. The molecule has 3 amide bonds. The van der Waals surface area contributed by atoms with Gasteiger partial charge in [0, 0.05) is 39.0 Å². The van der Waals surface area contributed by atoms with Gasteiger partial charge < -0.3 is 24.8 Å². The lowest BCUT2D eigenvalue weighted by Gasteiger charge is -2.34. The number of piperidine rings is 2. The van der Waals surface area contributed by atoms with Crippen molar-refractivity contribution >= 4 is 30.3 Å². The zero-order valence-electron chi connectivity index (χ0n) is 36.9. The van der Waals surface area contributed by atoms with Gasteiger partial charge in [-0.2, -0.15) is 10.2 Å². The van der Waals surface area contributed by atoms with Gasteiger partial charge in [-0.25, -0.2) is 13.6 Å². The minimum atomic E-state index is -0.501. The van der Waals surface area contributed by atoms with Crippen molar-refractivity contribution in [1.29, 1.82) is 0 Å². The SMILES string of the molecule is Cc1nn(Cc2ccc(F)cc2)c2c1CCN(C(=O)CC1CCN(C(=O)OC(C)(C)C)CC1)C2.Cc1nn(Cc2ccc(F)cc2)c2c1CCN(C(=O)CC1CCNCC1)C2.Cl. The number of rotatable bonds is 8. The lowest BCUT2D eigenvalue weighted by Crippen LogP contribution is -2.43. The number of aryl methyl sites for hydroxylation is 2. The van der Waals surface area contributed by atoms with Crippen LogP contribution in [0.3, 0.4) is 0 Å². The average Bonchev–Trinajstić information content (AvgIpc) is 3.72. The molecule has 2 saturated heterocycles. The minimum absolute atomic E-state index is 0. The van der Waals surface area contributed by atoms with E-state index >= 15 is 0 Å². The van der Waals surface area contributed by atoms with Crippen molar-refractivity contribution in [1.82, 2.24) is 39.6 Å². The third kappa shape index (κ3) is 12.0. The monoisotopic (exact) mass is 876 g/mol. The van der Waals surface area contributed by atoms with Gasteiger partial charge in [0.2, 0.25) is 11.8 Å². The van der Waals surface area contributed by atoms with Gasteiger partial charge in [-0.15, -0.1) is 12.4 Å². The topological polar surface area (TPSA) is 118 Å². The first-order valence-corrected chi connectivity index (χ1v) is 22.0. The smallest absolute Gasteiger partial charge is 0.410 e. The van der Waals surface area contributed by atoms with Crippen molar-refractivity contribution in [3.63, 3.8) is 0 Å². The fourth-order valence-electron chi connectivity index (χ4n) is 9.05. The van der Waals surface area contributed by atoms with E-state index in [2.05, 4.69) is 5.32 Å². The summed E-state index contributed by atoms with van der Waals surface area (Å²) in [4.78, 5) is 43.9. The van der Waals surface area contributed by atoms with Gasteiger partial charge in [-0.05, 0) is 145 Å². The maximum atomic E-state index is 13.3. The second-order valence-corrected chi connectivity index (χ2v) is 18.2. The molecule has 0 bridgehead atoms. The number of aromatic nitrogens is 4. The molecule has 2 aromatic carbocycles. The fraction of sp³-hybridized carbons (Fsp3) is 0.553. The quantitative estimate of drug-likeness (QED) is 0.197. The molecular formula is C47H63ClF2N8O4. The van der Waals surface area contributed by atoms with Crippen LogP contribution in [-0.2, 0) is 53.3 Å². The van der Waals surface area contributed by atoms with Gasteiger partial charge in [0.25, 0.3) is 0 Å². The molecule has 4 aliphatic rings. The zero-order valence-corrected chi connectivity index (χ0v) is 37.7. The van der Waals surface area contributed by atoms with Gasteiger partial charge in [-0.1, -0.05) is 24.3 Å². The molecule has 62 heavy (non-hydrogen) atoms. The fourth-order valence-corrected chi connectivity index (χ4v) is 9.05. The maximum Gasteiger partial charge on any atom is 0.410 e. The summed E-state index contributed by atoms with van der Waals surface area (Å²) in [6.45, 7) is 16.8. The molecule has 15 heteroatoms. The lowest BCUT2D eigenvalue weighted by molar-refractivity contribution is -0.134. The molecule has 0 spiro atoms. The van der Waals surface area contributed by atoms with E-state index in [0.717, 1.165) is 92.1 Å². The molecule has 0 radical (unpaired) electrons. The Morgan fingerprint density at radius 2 is 1.08 bits per heavy atom. The first-order valence-electron chi connectivity index (χ1n) is 22.0. The highest BCUT2D eigenvalue weighted by molar-refractivity contribution is 5.85. The molecule has 8 rings (SSSR count). The highest BCUT2D eigenvalue weighted by atomic mass is 35.5. The normalized spacial score (nSPS) is 17.0. The summed E-state index contributed by atoms with van der Waals surface area (Å²) in [6, 6.07) is 13.0. The van der Waals surface area contributed by atoms with Gasteiger partial charge in [0.1, 0.15) is 17.2 Å². The van der Waals surface area contributed by atoms with Crippen LogP contribution in [0.15, 0.2) is 48.5 Å². The number of benzene rings is 2. The summed E-state index contributed by atoms with van der Waals surface area (Å²) in [5, 5.41) is 12.8. The lowest BCUT2D eigenvalue weighted by atomic mass is 9.92. The second kappa shape index (κ2) is 20.6. The van der Waals surface area contributed by atoms with Crippen molar-refractivity contribution in [2.24, 2.45) is 11.8 Å². The summed E-state index contributed by atoms with van der Waals surface area (Å²) in [7, 11) is 0. The molecule has 4 aliphatic heterocycles. The van der Waals surface area contributed by atoms with Crippen LogP contribution in [-0.4, -0.2) is 97.0 Å². The molecule has 2 aromatic heterocycles. The summed E-state index contributed by atoms with van der Waals surface area (Å²) in [6.07, 6.45) is 6.35. The highest BCUT2D eigenvalue weighted by Gasteiger charge is 2.32. The van der Waals surface area contributed by atoms with Gasteiger partial charge >= 0.3 is 6.09 Å². The predicted molar refractivity (Wildman–Crippen MR) is 236 cm³/mol. The summed E-state index contributed by atoms with van der Waals surface area (Å²) >= 11 is 0. The largest absolute Gasteiger partial charge is 0.444 e. The second-order valence-electron chi connectivity index (χ2n) is 18.2. The number of ether oxygens (including phenoxy) is 1. The van der Waals surface area contributed by atoms with Crippen molar-refractivity contribution in [2.75, 3.05) is 39.3 Å². The molecule has 6 heterocycles. The number of carbonyl (C=O) groups is 3. The third-order valence-electron chi connectivity index (χ3n) is 12.5. The van der Waals surface area contributed by atoms with E-state index in [1.807, 2.05) is 53.8 Å². The molecule has 336 valence electrons. The predicted octanol–water partition coefficient (Wildman–Crippen LogP) is 7.38. The van der Waals surface area contributed by atoms with Crippen LogP contribution in [0.2, 0.25) is 0 Å². The van der Waals surface area contributed by atoms with Gasteiger partial charge in [0.15, 0.2) is 0 Å². The average molecular weight is 878 g/mol. The summed E-state index contributed by atoms with van der Waals surface area (Å²) < 4.78 is 35.8. The number of likely N-dealkylation sites (tertiary alicyclic amines) is 1. The number of carbonyl (C=O) groups excluding carboxylic acids is 3.